The number of benzene rings is 1. The molecular weight excluding hydrogens is 264 g/mol. The lowest BCUT2D eigenvalue weighted by molar-refractivity contribution is 0.184. The average molecular weight is 286 g/mol. The maximum Gasteiger partial charge on any atom is 0.140 e. The highest BCUT2D eigenvalue weighted by Crippen LogP contribution is 2.28. The third kappa shape index (κ3) is 2.84. The number of methoxy groups -OCH3 is 1. The van der Waals surface area contributed by atoms with E-state index in [4.69, 9.17) is 4.74 Å². The SMILES string of the molecule is COCCC1CNCCN1c1ncnc2cccc(C)c12. The largest absolute Gasteiger partial charge is 0.385 e. The maximum atomic E-state index is 5.25. The number of hydrogen-bond acceptors (Lipinski definition) is 5. The molecular formula is C16H22N4O. The van der Waals surface area contributed by atoms with Crippen molar-refractivity contribution in [1.82, 2.24) is 15.3 Å². The predicted octanol–water partition coefficient (Wildman–Crippen LogP) is 1.75. The molecule has 1 atom stereocenters. The van der Waals surface area contributed by atoms with E-state index in [1.807, 2.05) is 0 Å². The van der Waals surface area contributed by atoms with E-state index in [9.17, 15) is 0 Å². The maximum absolute atomic E-state index is 5.25. The van der Waals surface area contributed by atoms with Crippen molar-refractivity contribution in [2.75, 3.05) is 38.3 Å². The van der Waals surface area contributed by atoms with Crippen LogP contribution in [-0.4, -0.2) is 49.4 Å². The molecule has 1 aliphatic heterocycles. The molecule has 0 amide bonds. The number of rotatable bonds is 4. The van der Waals surface area contributed by atoms with Gasteiger partial charge in [0.1, 0.15) is 12.1 Å². The Kier molecular flexibility index (Phi) is 4.31. The first-order valence-corrected chi connectivity index (χ1v) is 7.48. The van der Waals surface area contributed by atoms with Gasteiger partial charge in [0.2, 0.25) is 0 Å². The number of piperazine rings is 1. The predicted molar refractivity (Wildman–Crippen MR) is 84.8 cm³/mol. The minimum absolute atomic E-state index is 0.413. The summed E-state index contributed by atoms with van der Waals surface area (Å²) in [5, 5.41) is 4.64. The molecule has 21 heavy (non-hydrogen) atoms. The Morgan fingerprint density at radius 1 is 1.38 bits per heavy atom. The van der Waals surface area contributed by atoms with E-state index in [1.165, 1.54) is 10.9 Å². The highest BCUT2D eigenvalue weighted by Gasteiger charge is 2.25. The Bertz CT molecular complexity index is 611. The van der Waals surface area contributed by atoms with Gasteiger partial charge in [0.05, 0.1) is 5.52 Å². The number of nitrogens with one attached hydrogen (secondary N) is 1. The molecule has 1 unspecified atom stereocenters. The van der Waals surface area contributed by atoms with Gasteiger partial charge in [0.25, 0.3) is 0 Å². The fourth-order valence-electron chi connectivity index (χ4n) is 3.03. The summed E-state index contributed by atoms with van der Waals surface area (Å²) >= 11 is 0. The van der Waals surface area contributed by atoms with Gasteiger partial charge < -0.3 is 15.0 Å². The van der Waals surface area contributed by atoms with E-state index in [-0.39, 0.29) is 0 Å². The number of aromatic nitrogens is 2. The first-order chi connectivity index (χ1) is 10.3. The smallest absolute Gasteiger partial charge is 0.140 e. The van der Waals surface area contributed by atoms with Gasteiger partial charge in [-0.25, -0.2) is 9.97 Å². The first-order valence-electron chi connectivity index (χ1n) is 7.48. The van der Waals surface area contributed by atoms with Crippen molar-refractivity contribution in [3.05, 3.63) is 30.1 Å². The Morgan fingerprint density at radius 2 is 2.29 bits per heavy atom. The normalized spacial score (nSPS) is 19.1. The molecule has 0 spiro atoms. The zero-order valence-corrected chi connectivity index (χ0v) is 12.7. The zero-order chi connectivity index (χ0) is 14.7. The highest BCUT2D eigenvalue weighted by atomic mass is 16.5. The third-order valence-corrected chi connectivity index (χ3v) is 4.13. The van der Waals surface area contributed by atoms with Crippen molar-refractivity contribution in [3.8, 4) is 0 Å². The van der Waals surface area contributed by atoms with Crippen LogP contribution in [0.3, 0.4) is 0 Å². The van der Waals surface area contributed by atoms with Gasteiger partial charge >= 0.3 is 0 Å². The molecule has 0 saturated carbocycles. The monoisotopic (exact) mass is 286 g/mol. The Balaban J connectivity index is 2.01. The lowest BCUT2D eigenvalue weighted by Gasteiger charge is -2.37. The lowest BCUT2D eigenvalue weighted by Crippen LogP contribution is -2.52. The molecule has 1 saturated heterocycles. The van der Waals surface area contributed by atoms with Crippen molar-refractivity contribution in [1.29, 1.82) is 0 Å². The Morgan fingerprint density at radius 3 is 3.14 bits per heavy atom. The standard InChI is InChI=1S/C16H22N4O/c1-12-4-3-5-14-15(12)16(19-11-18-14)20-8-7-17-10-13(20)6-9-21-2/h3-5,11,13,17H,6-10H2,1-2H3. The second-order valence-electron chi connectivity index (χ2n) is 5.50. The molecule has 1 aromatic heterocycles. The molecule has 2 aromatic rings. The van der Waals surface area contributed by atoms with Crippen molar-refractivity contribution in [3.63, 3.8) is 0 Å². The molecule has 1 aliphatic rings. The van der Waals surface area contributed by atoms with E-state index in [0.29, 0.717) is 6.04 Å². The summed E-state index contributed by atoms with van der Waals surface area (Å²) < 4.78 is 5.25. The van der Waals surface area contributed by atoms with Crippen molar-refractivity contribution < 1.29 is 4.74 Å². The summed E-state index contributed by atoms with van der Waals surface area (Å²) in [5.41, 5.74) is 2.25. The number of hydrogen-bond donors (Lipinski definition) is 1. The molecule has 1 aromatic carbocycles. The molecule has 3 rings (SSSR count). The summed E-state index contributed by atoms with van der Waals surface area (Å²) in [6.45, 7) is 5.82. The van der Waals surface area contributed by atoms with Gasteiger partial charge in [-0.3, -0.25) is 0 Å². The lowest BCUT2D eigenvalue weighted by atomic mass is 10.1. The van der Waals surface area contributed by atoms with Gasteiger partial charge in [-0.05, 0) is 25.0 Å². The Labute approximate surface area is 125 Å². The molecule has 5 heteroatoms. The fourth-order valence-corrected chi connectivity index (χ4v) is 3.03. The minimum Gasteiger partial charge on any atom is -0.385 e. The minimum atomic E-state index is 0.413. The molecule has 0 bridgehead atoms. The summed E-state index contributed by atoms with van der Waals surface area (Å²) in [5.74, 6) is 1.06. The molecule has 1 fully saturated rings. The van der Waals surface area contributed by atoms with Crippen LogP contribution >= 0.6 is 0 Å². The second-order valence-corrected chi connectivity index (χ2v) is 5.50. The number of anilines is 1. The second kappa shape index (κ2) is 6.37. The molecule has 0 aliphatic carbocycles. The third-order valence-electron chi connectivity index (χ3n) is 4.13. The molecule has 112 valence electrons. The topological polar surface area (TPSA) is 50.3 Å². The van der Waals surface area contributed by atoms with Crippen LogP contribution in [0.25, 0.3) is 10.9 Å². The van der Waals surface area contributed by atoms with Crippen LogP contribution in [0.1, 0.15) is 12.0 Å². The molecule has 2 heterocycles. The summed E-state index contributed by atoms with van der Waals surface area (Å²) in [6, 6.07) is 6.65. The van der Waals surface area contributed by atoms with E-state index >= 15 is 0 Å². The van der Waals surface area contributed by atoms with Gasteiger partial charge in [-0.1, -0.05) is 12.1 Å². The van der Waals surface area contributed by atoms with Crippen molar-refractivity contribution >= 4 is 16.7 Å². The van der Waals surface area contributed by atoms with Crippen molar-refractivity contribution in [2.24, 2.45) is 0 Å². The van der Waals surface area contributed by atoms with E-state index < -0.39 is 0 Å². The van der Waals surface area contributed by atoms with Crippen LogP contribution < -0.4 is 10.2 Å². The number of nitrogens with zero attached hydrogens (tertiary/aromatic N) is 3. The summed E-state index contributed by atoms with van der Waals surface area (Å²) in [7, 11) is 1.75. The summed E-state index contributed by atoms with van der Waals surface area (Å²) in [6.07, 6.45) is 2.67. The van der Waals surface area contributed by atoms with Crippen LogP contribution in [0.4, 0.5) is 5.82 Å². The van der Waals surface area contributed by atoms with Crippen LogP contribution in [0.2, 0.25) is 0 Å². The number of fused-ring (bicyclic) bond motifs is 1. The molecule has 5 nitrogen and oxygen atoms in total. The first kappa shape index (κ1) is 14.2. The van der Waals surface area contributed by atoms with Gasteiger partial charge in [-0.2, -0.15) is 0 Å². The Hall–Kier alpha value is -1.72. The number of aryl methyl sites for hydroxylation is 1. The molecule has 1 N–H and O–H groups in total. The zero-order valence-electron chi connectivity index (χ0n) is 12.7. The van der Waals surface area contributed by atoms with Gasteiger partial charge in [0, 0.05) is 44.8 Å². The molecule has 0 radical (unpaired) electrons. The van der Waals surface area contributed by atoms with Crippen molar-refractivity contribution in [2.45, 2.75) is 19.4 Å². The quantitative estimate of drug-likeness (QED) is 0.928. The highest BCUT2D eigenvalue weighted by molar-refractivity contribution is 5.92. The van der Waals surface area contributed by atoms with E-state index in [0.717, 1.165) is 44.0 Å². The fraction of sp³-hybridized carbons (Fsp3) is 0.500. The van der Waals surface area contributed by atoms with Crippen LogP contribution in [0.15, 0.2) is 24.5 Å². The van der Waals surface area contributed by atoms with Gasteiger partial charge in [-0.15, -0.1) is 0 Å². The van der Waals surface area contributed by atoms with Crippen LogP contribution in [-0.2, 0) is 4.74 Å². The van der Waals surface area contributed by atoms with Gasteiger partial charge in [0.15, 0.2) is 0 Å². The average Bonchev–Trinajstić information content (AvgIpc) is 2.53. The van der Waals surface area contributed by atoms with E-state index in [2.05, 4.69) is 45.3 Å². The summed E-state index contributed by atoms with van der Waals surface area (Å²) in [4.78, 5) is 11.4. The van der Waals surface area contributed by atoms with E-state index in [1.54, 1.807) is 13.4 Å². The van der Waals surface area contributed by atoms with Crippen LogP contribution in [0.5, 0.6) is 0 Å². The number of ether oxygens (including phenoxy) is 1. The van der Waals surface area contributed by atoms with Crippen LogP contribution in [0, 0.1) is 6.92 Å².